The Bertz CT molecular complexity index is 559. The molecule has 3 rings (SSSR count). The van der Waals surface area contributed by atoms with Gasteiger partial charge in [0.2, 0.25) is 0 Å². The molecule has 1 atom stereocenters. The van der Waals surface area contributed by atoms with Crippen LogP contribution in [0.1, 0.15) is 26.9 Å². The van der Waals surface area contributed by atoms with Crippen LogP contribution in [0.5, 0.6) is 0 Å². The Hall–Kier alpha value is -0.360. The molecule has 100 valence electrons. The van der Waals surface area contributed by atoms with Gasteiger partial charge in [0.15, 0.2) is 0 Å². The summed E-state index contributed by atoms with van der Waals surface area (Å²) in [5, 5.41) is 0. The first-order valence-electron chi connectivity index (χ1n) is 6.26. The van der Waals surface area contributed by atoms with E-state index in [1.54, 1.807) is 6.20 Å². The van der Waals surface area contributed by atoms with Crippen molar-refractivity contribution in [2.45, 2.75) is 24.6 Å². The van der Waals surface area contributed by atoms with Crippen LogP contribution >= 0.6 is 39.0 Å². The number of halogens is 1. The second-order valence-electron chi connectivity index (χ2n) is 4.72. The average molecular weight is 355 g/mol. The third kappa shape index (κ3) is 3.21. The van der Waals surface area contributed by atoms with E-state index in [1.807, 2.05) is 29.3 Å². The van der Waals surface area contributed by atoms with Crippen LogP contribution in [0, 0.1) is 0 Å². The van der Waals surface area contributed by atoms with Crippen LogP contribution in [0.4, 0.5) is 0 Å². The molecule has 0 radical (unpaired) electrons. The number of aryl methyl sites for hydroxylation is 1. The van der Waals surface area contributed by atoms with E-state index in [-0.39, 0.29) is 6.04 Å². The number of fused-ring (bicyclic) bond motifs is 1. The first-order valence-corrected chi connectivity index (χ1v) is 9.03. The number of thioether (sulfide) groups is 1. The Morgan fingerprint density at radius 3 is 3.05 bits per heavy atom. The van der Waals surface area contributed by atoms with Crippen LogP contribution in [-0.4, -0.2) is 10.7 Å². The van der Waals surface area contributed by atoms with Gasteiger partial charge >= 0.3 is 0 Å². The highest BCUT2D eigenvalue weighted by Crippen LogP contribution is 2.34. The maximum absolute atomic E-state index is 6.35. The maximum atomic E-state index is 6.35. The lowest BCUT2D eigenvalue weighted by Gasteiger charge is -2.09. The van der Waals surface area contributed by atoms with Gasteiger partial charge in [-0.25, -0.2) is 0 Å². The zero-order valence-electron chi connectivity index (χ0n) is 10.4. The third-order valence-corrected chi connectivity index (χ3v) is 6.04. The van der Waals surface area contributed by atoms with E-state index >= 15 is 0 Å². The predicted octanol–water partition coefficient (Wildman–Crippen LogP) is 3.94. The molecular formula is C14H15BrN2S2. The standard InChI is InChI=1S/C14H15BrN2S2/c15-11-3-9(6-17-7-11)4-12(16)14-5-10-8-18-2-1-13(10)19-14/h3,5-7,12H,1-2,4,8,16H2. The van der Waals surface area contributed by atoms with Crippen molar-refractivity contribution in [3.8, 4) is 0 Å². The second-order valence-corrected chi connectivity index (χ2v) is 7.91. The lowest BCUT2D eigenvalue weighted by Crippen LogP contribution is -2.11. The van der Waals surface area contributed by atoms with Gasteiger partial charge in [0.25, 0.3) is 0 Å². The highest BCUT2D eigenvalue weighted by Gasteiger charge is 2.17. The number of hydrogen-bond acceptors (Lipinski definition) is 4. The minimum Gasteiger partial charge on any atom is -0.323 e. The first-order chi connectivity index (χ1) is 9.22. The van der Waals surface area contributed by atoms with Crippen molar-refractivity contribution in [1.82, 2.24) is 4.98 Å². The summed E-state index contributed by atoms with van der Waals surface area (Å²) in [7, 11) is 0. The number of aromatic nitrogens is 1. The van der Waals surface area contributed by atoms with Crippen molar-refractivity contribution in [3.05, 3.63) is 49.9 Å². The van der Waals surface area contributed by atoms with E-state index in [1.165, 1.54) is 33.1 Å². The van der Waals surface area contributed by atoms with Gasteiger partial charge in [-0.2, -0.15) is 11.8 Å². The maximum Gasteiger partial charge on any atom is 0.0431 e. The fourth-order valence-electron chi connectivity index (χ4n) is 2.27. The minimum atomic E-state index is 0.0803. The first kappa shape index (κ1) is 13.6. The summed E-state index contributed by atoms with van der Waals surface area (Å²) in [6.45, 7) is 0. The lowest BCUT2D eigenvalue weighted by atomic mass is 10.1. The SMILES string of the molecule is NC(Cc1cncc(Br)c1)c1cc2c(s1)CCSC2. The van der Waals surface area contributed by atoms with Crippen molar-refractivity contribution in [3.63, 3.8) is 0 Å². The fourth-order valence-corrected chi connectivity index (χ4v) is 5.06. The molecule has 0 amide bonds. The molecule has 0 fully saturated rings. The van der Waals surface area contributed by atoms with Gasteiger partial charge in [-0.3, -0.25) is 4.98 Å². The molecule has 2 nitrogen and oxygen atoms in total. The Morgan fingerprint density at radius 2 is 2.26 bits per heavy atom. The number of nitrogens with two attached hydrogens (primary N) is 1. The van der Waals surface area contributed by atoms with Crippen molar-refractivity contribution < 1.29 is 0 Å². The highest BCUT2D eigenvalue weighted by atomic mass is 79.9. The van der Waals surface area contributed by atoms with Gasteiger partial charge in [0.05, 0.1) is 0 Å². The van der Waals surface area contributed by atoms with E-state index in [9.17, 15) is 0 Å². The topological polar surface area (TPSA) is 38.9 Å². The monoisotopic (exact) mass is 354 g/mol. The quantitative estimate of drug-likeness (QED) is 0.907. The zero-order valence-corrected chi connectivity index (χ0v) is 13.7. The Labute approximate surface area is 129 Å². The van der Waals surface area contributed by atoms with E-state index in [4.69, 9.17) is 5.73 Å². The molecule has 1 aliphatic rings. The summed E-state index contributed by atoms with van der Waals surface area (Å²) in [6, 6.07) is 4.48. The molecule has 0 aliphatic carbocycles. The van der Waals surface area contributed by atoms with E-state index < -0.39 is 0 Å². The van der Waals surface area contributed by atoms with Crippen molar-refractivity contribution in [2.75, 3.05) is 5.75 Å². The molecular weight excluding hydrogens is 340 g/mol. The Balaban J connectivity index is 1.76. The number of nitrogens with zero attached hydrogens (tertiary/aromatic N) is 1. The summed E-state index contributed by atoms with van der Waals surface area (Å²) < 4.78 is 1.01. The minimum absolute atomic E-state index is 0.0803. The Morgan fingerprint density at radius 1 is 1.37 bits per heavy atom. The molecule has 1 unspecified atom stereocenters. The number of rotatable bonds is 3. The van der Waals surface area contributed by atoms with Crippen LogP contribution in [0.15, 0.2) is 29.0 Å². The Kier molecular flexibility index (Phi) is 4.27. The lowest BCUT2D eigenvalue weighted by molar-refractivity contribution is 0.733. The summed E-state index contributed by atoms with van der Waals surface area (Å²) in [5.74, 6) is 2.40. The summed E-state index contributed by atoms with van der Waals surface area (Å²) in [5.41, 5.74) is 9.03. The molecule has 0 spiro atoms. The van der Waals surface area contributed by atoms with E-state index in [0.717, 1.165) is 16.6 Å². The number of thiophene rings is 1. The summed E-state index contributed by atoms with van der Waals surface area (Å²) in [6.07, 6.45) is 5.75. The van der Waals surface area contributed by atoms with Crippen LogP contribution in [0.3, 0.4) is 0 Å². The molecule has 5 heteroatoms. The van der Waals surface area contributed by atoms with Gasteiger partial charge < -0.3 is 5.73 Å². The largest absolute Gasteiger partial charge is 0.323 e. The molecule has 0 saturated carbocycles. The predicted molar refractivity (Wildman–Crippen MR) is 86.8 cm³/mol. The normalized spacial score (nSPS) is 16.1. The molecule has 3 heterocycles. The zero-order chi connectivity index (χ0) is 13.2. The van der Waals surface area contributed by atoms with Gasteiger partial charge in [-0.15, -0.1) is 11.3 Å². The van der Waals surface area contributed by atoms with Gasteiger partial charge in [0, 0.05) is 38.4 Å². The van der Waals surface area contributed by atoms with Crippen molar-refractivity contribution in [2.24, 2.45) is 5.73 Å². The van der Waals surface area contributed by atoms with Gasteiger partial charge in [-0.05, 0) is 57.8 Å². The molecule has 1 aliphatic heterocycles. The van der Waals surface area contributed by atoms with Crippen LogP contribution in [0.25, 0.3) is 0 Å². The highest BCUT2D eigenvalue weighted by molar-refractivity contribution is 9.10. The molecule has 2 N–H and O–H groups in total. The smallest absolute Gasteiger partial charge is 0.0431 e. The summed E-state index contributed by atoms with van der Waals surface area (Å²) >= 11 is 7.37. The molecule has 19 heavy (non-hydrogen) atoms. The molecule has 2 aromatic rings. The second kappa shape index (κ2) is 5.95. The molecule has 0 saturated heterocycles. The van der Waals surface area contributed by atoms with E-state index in [2.05, 4.69) is 33.0 Å². The van der Waals surface area contributed by atoms with Crippen LogP contribution < -0.4 is 5.73 Å². The molecule has 0 bridgehead atoms. The number of pyridine rings is 1. The van der Waals surface area contributed by atoms with Gasteiger partial charge in [-0.1, -0.05) is 0 Å². The summed E-state index contributed by atoms with van der Waals surface area (Å²) in [4.78, 5) is 7.04. The van der Waals surface area contributed by atoms with Crippen molar-refractivity contribution >= 4 is 39.0 Å². The van der Waals surface area contributed by atoms with Crippen LogP contribution in [0.2, 0.25) is 0 Å². The van der Waals surface area contributed by atoms with E-state index in [0.29, 0.717) is 0 Å². The molecule has 0 aromatic carbocycles. The number of hydrogen-bond donors (Lipinski definition) is 1. The van der Waals surface area contributed by atoms with Gasteiger partial charge in [0.1, 0.15) is 0 Å². The fraction of sp³-hybridized carbons (Fsp3) is 0.357. The molecule has 2 aromatic heterocycles. The average Bonchev–Trinajstić information content (AvgIpc) is 2.82. The van der Waals surface area contributed by atoms with Crippen LogP contribution in [-0.2, 0) is 18.6 Å². The van der Waals surface area contributed by atoms with Crippen molar-refractivity contribution in [1.29, 1.82) is 0 Å². The third-order valence-electron chi connectivity index (χ3n) is 3.23.